The lowest BCUT2D eigenvalue weighted by Crippen LogP contribution is -2.68. The summed E-state index contributed by atoms with van der Waals surface area (Å²) in [6.45, 7) is 4.04. The Hall–Kier alpha value is -4.00. The minimum Gasteiger partial charge on any atom is -0.396 e. The van der Waals surface area contributed by atoms with Crippen molar-refractivity contribution < 1.29 is 23.5 Å². The second kappa shape index (κ2) is 11.5. The van der Waals surface area contributed by atoms with Gasteiger partial charge in [-0.1, -0.05) is 24.3 Å². The Morgan fingerprint density at radius 3 is 2.59 bits per heavy atom. The zero-order chi connectivity index (χ0) is 33.5. The van der Waals surface area contributed by atoms with Crippen LogP contribution in [0.2, 0.25) is 0 Å². The Kier molecular flexibility index (Phi) is 7.30. The Labute approximate surface area is 287 Å². The Balaban J connectivity index is 0.948. The Morgan fingerprint density at radius 1 is 1.10 bits per heavy atom. The molecule has 0 unspecified atom stereocenters. The van der Waals surface area contributed by atoms with E-state index in [4.69, 9.17) is 0 Å². The number of amides is 2. The van der Waals surface area contributed by atoms with Crippen molar-refractivity contribution in [2.45, 2.75) is 69.5 Å². The molecule has 5 heterocycles. The fourth-order valence-corrected chi connectivity index (χ4v) is 10.1. The van der Waals surface area contributed by atoms with Gasteiger partial charge in [-0.05, 0) is 92.0 Å². The summed E-state index contributed by atoms with van der Waals surface area (Å²) >= 11 is 1.24. The Morgan fingerprint density at radius 2 is 1.88 bits per heavy atom. The quantitative estimate of drug-likeness (QED) is 0.235. The number of likely N-dealkylation sites (tertiary alicyclic amines) is 1. The molecule has 1 atom stereocenters. The maximum absolute atomic E-state index is 16.4. The molecule has 2 aromatic carbocycles. The fourth-order valence-electron chi connectivity index (χ4n) is 9.53. The summed E-state index contributed by atoms with van der Waals surface area (Å²) < 4.78 is 34.2. The molecule has 254 valence electrons. The van der Waals surface area contributed by atoms with Crippen molar-refractivity contribution in [3.8, 4) is 11.1 Å². The zero-order valence-corrected chi connectivity index (χ0v) is 27.9. The maximum Gasteiger partial charge on any atom is 0.258 e. The first kappa shape index (κ1) is 31.0. The minimum absolute atomic E-state index is 0.0324. The van der Waals surface area contributed by atoms with Crippen LogP contribution in [0, 0.1) is 23.0 Å². The van der Waals surface area contributed by atoms with Crippen LogP contribution < -0.4 is 5.32 Å². The number of imidazole rings is 1. The van der Waals surface area contributed by atoms with E-state index in [9.17, 15) is 14.7 Å². The van der Waals surface area contributed by atoms with E-state index in [0.717, 1.165) is 70.4 Å². The smallest absolute Gasteiger partial charge is 0.258 e. The third-order valence-corrected chi connectivity index (χ3v) is 12.6. The van der Waals surface area contributed by atoms with Gasteiger partial charge < -0.3 is 19.5 Å². The van der Waals surface area contributed by atoms with Gasteiger partial charge in [-0.25, -0.2) is 18.7 Å². The largest absolute Gasteiger partial charge is 0.396 e. The first-order chi connectivity index (χ1) is 23.8. The molecule has 2 bridgehead atoms. The van der Waals surface area contributed by atoms with Crippen molar-refractivity contribution in [1.82, 2.24) is 24.3 Å². The number of rotatable bonds is 9. The molecule has 0 radical (unpaired) electrons. The highest BCUT2D eigenvalue weighted by molar-refractivity contribution is 7.13. The summed E-state index contributed by atoms with van der Waals surface area (Å²) in [6.07, 6.45) is 10.4. The van der Waals surface area contributed by atoms with Gasteiger partial charge in [0.15, 0.2) is 11.2 Å². The molecule has 3 aliphatic carbocycles. The number of anilines is 1. The van der Waals surface area contributed by atoms with E-state index in [1.807, 2.05) is 28.8 Å². The van der Waals surface area contributed by atoms with E-state index >= 15 is 8.78 Å². The molecule has 3 aliphatic heterocycles. The number of carbonyl (C=O) groups is 2. The van der Waals surface area contributed by atoms with E-state index in [1.165, 1.54) is 27.9 Å². The summed E-state index contributed by atoms with van der Waals surface area (Å²) in [5, 5.41) is 14.3. The maximum atomic E-state index is 16.4. The molecule has 9 nitrogen and oxygen atoms in total. The SMILES string of the molecule is O=C(Nc1nccs1)[C@@H](c1ncn2c1CCC2)N1Cc2c(F)cc(-c3ccc(C45CC(CN6CCC(CO)CC6)(C4)C5)cc3)c(F)c2C1=O. The number of hydrogen-bond acceptors (Lipinski definition) is 7. The average molecular weight is 685 g/mol. The van der Waals surface area contributed by atoms with E-state index in [1.54, 1.807) is 17.9 Å². The molecule has 1 saturated heterocycles. The van der Waals surface area contributed by atoms with Crippen LogP contribution in [-0.2, 0) is 29.7 Å². The predicted molar refractivity (Wildman–Crippen MR) is 180 cm³/mol. The molecule has 2 amide bonds. The van der Waals surface area contributed by atoms with Gasteiger partial charge in [0.25, 0.3) is 11.8 Å². The van der Waals surface area contributed by atoms with Gasteiger partial charge in [0.2, 0.25) is 0 Å². The first-order valence-corrected chi connectivity index (χ1v) is 18.1. The number of nitrogens with zero attached hydrogens (tertiary/aromatic N) is 5. The highest BCUT2D eigenvalue weighted by Crippen LogP contribution is 2.73. The van der Waals surface area contributed by atoms with Gasteiger partial charge in [0.1, 0.15) is 11.6 Å². The van der Waals surface area contributed by atoms with E-state index < -0.39 is 29.5 Å². The first-order valence-electron chi connectivity index (χ1n) is 17.3. The van der Waals surface area contributed by atoms with Crippen molar-refractivity contribution in [2.24, 2.45) is 11.3 Å². The van der Waals surface area contributed by atoms with Crippen LogP contribution >= 0.6 is 11.3 Å². The van der Waals surface area contributed by atoms with Gasteiger partial charge in [-0.3, -0.25) is 14.9 Å². The molecule has 2 aromatic heterocycles. The van der Waals surface area contributed by atoms with Crippen molar-refractivity contribution in [1.29, 1.82) is 0 Å². The number of aliphatic hydroxyl groups is 1. The van der Waals surface area contributed by atoms with Gasteiger partial charge in [0, 0.05) is 48.1 Å². The molecular formula is C37H38F2N6O3S. The summed E-state index contributed by atoms with van der Waals surface area (Å²) in [4.78, 5) is 40.2. The van der Waals surface area contributed by atoms with Crippen LogP contribution in [0.4, 0.5) is 13.9 Å². The summed E-state index contributed by atoms with van der Waals surface area (Å²) in [5.41, 5.74) is 3.19. The normalized spacial score (nSPS) is 25.1. The number of hydrogen-bond donors (Lipinski definition) is 2. The molecule has 4 fully saturated rings. The molecular weight excluding hydrogens is 647 g/mol. The molecule has 6 aliphatic rings. The van der Waals surface area contributed by atoms with Crippen molar-refractivity contribution >= 4 is 28.3 Å². The molecule has 3 saturated carbocycles. The van der Waals surface area contributed by atoms with Crippen molar-refractivity contribution in [3.05, 3.63) is 87.9 Å². The molecule has 49 heavy (non-hydrogen) atoms. The number of nitrogens with one attached hydrogen (secondary N) is 1. The number of carbonyl (C=O) groups excluding carboxylic acids is 2. The number of aliphatic hydroxyl groups excluding tert-OH is 1. The number of halogens is 2. The van der Waals surface area contributed by atoms with Crippen LogP contribution in [0.25, 0.3) is 11.1 Å². The van der Waals surface area contributed by atoms with Crippen LogP contribution in [-0.4, -0.2) is 67.5 Å². The zero-order valence-electron chi connectivity index (χ0n) is 27.1. The molecule has 2 N–H and O–H groups in total. The van der Waals surface area contributed by atoms with Crippen molar-refractivity contribution in [3.63, 3.8) is 0 Å². The van der Waals surface area contributed by atoms with E-state index in [2.05, 4.69) is 20.2 Å². The van der Waals surface area contributed by atoms with Crippen LogP contribution in [0.5, 0.6) is 0 Å². The lowest BCUT2D eigenvalue weighted by Gasteiger charge is -2.72. The number of fused-ring (bicyclic) bond motifs is 2. The van der Waals surface area contributed by atoms with Crippen molar-refractivity contribution in [2.75, 3.05) is 31.6 Å². The van der Waals surface area contributed by atoms with Gasteiger partial charge in [0.05, 0.1) is 24.1 Å². The van der Waals surface area contributed by atoms with Crippen LogP contribution in [0.3, 0.4) is 0 Å². The number of benzene rings is 2. The van der Waals surface area contributed by atoms with E-state index in [0.29, 0.717) is 34.1 Å². The monoisotopic (exact) mass is 684 g/mol. The predicted octanol–water partition coefficient (Wildman–Crippen LogP) is 5.69. The number of aromatic nitrogens is 3. The second-order valence-electron chi connectivity index (χ2n) is 14.9. The van der Waals surface area contributed by atoms with Crippen LogP contribution in [0.1, 0.15) is 77.4 Å². The topological polar surface area (TPSA) is 104 Å². The number of piperidine rings is 1. The molecule has 4 aromatic rings. The number of thiazole rings is 1. The second-order valence-corrected chi connectivity index (χ2v) is 15.8. The third-order valence-electron chi connectivity index (χ3n) is 11.9. The highest BCUT2D eigenvalue weighted by Gasteiger charge is 2.68. The minimum atomic E-state index is -1.18. The summed E-state index contributed by atoms with van der Waals surface area (Å²) in [7, 11) is 0. The van der Waals surface area contributed by atoms with E-state index in [-0.39, 0.29) is 35.3 Å². The highest BCUT2D eigenvalue weighted by atomic mass is 32.1. The lowest BCUT2D eigenvalue weighted by atomic mass is 9.33. The van der Waals surface area contributed by atoms with Crippen LogP contribution in [0.15, 0.2) is 48.2 Å². The number of aryl methyl sites for hydroxylation is 1. The van der Waals surface area contributed by atoms with Gasteiger partial charge in [-0.15, -0.1) is 11.3 Å². The average Bonchev–Trinajstić information content (AvgIpc) is 3.88. The molecule has 0 spiro atoms. The van der Waals surface area contributed by atoms with Gasteiger partial charge in [-0.2, -0.15) is 0 Å². The molecule has 12 heteroatoms. The van der Waals surface area contributed by atoms with Gasteiger partial charge >= 0.3 is 0 Å². The molecule has 10 rings (SSSR count). The Bertz CT molecular complexity index is 1930. The standard InChI is InChI=1S/C37H38F2N6O3S/c38-27-14-25(23-3-5-24(6-4-23)37-17-36(18-37,19-37)20-43-11-7-22(16-46)8-12-43)30(39)29-26(27)15-45(34(29)48)32(33(47)42-35-40-9-13-49-35)31-28-2-1-10-44(28)21-41-31/h3-6,9,13-14,21-22,32,46H,1-2,7-8,10-12,15-20H2,(H,40,42,47)/t32-,36?,37?/m1/s1. The fraction of sp³-hybridized carbons (Fsp3) is 0.459. The summed E-state index contributed by atoms with van der Waals surface area (Å²) in [5.74, 6) is -2.27. The lowest BCUT2D eigenvalue weighted by molar-refractivity contribution is -0.158. The third kappa shape index (κ3) is 4.97. The summed E-state index contributed by atoms with van der Waals surface area (Å²) in [6, 6.07) is 7.73.